The van der Waals surface area contributed by atoms with Crippen molar-refractivity contribution in [2.75, 3.05) is 6.61 Å². The van der Waals surface area contributed by atoms with E-state index in [1.54, 1.807) is 26.0 Å². The third-order valence-corrected chi connectivity index (χ3v) is 4.82. The number of halogens is 2. The van der Waals surface area contributed by atoms with Crippen LogP contribution in [0.4, 0.5) is 8.78 Å². The van der Waals surface area contributed by atoms with E-state index in [0.29, 0.717) is 23.1 Å². The standard InChI is InChI=1S/C21H26F2N2O4/c1-21(2,27)12-28-16-7-4-15(5-8-16)25-19(26)14-9-13-3-6-17(29-20(22)23)10-18(13)24-11-14/h3,6,9-11,15-16,20,27H,4-5,7-8,12H2,1-2H3,(H,25,26)/t15-,16-. The quantitative estimate of drug-likeness (QED) is 0.731. The minimum absolute atomic E-state index is 0.0285. The van der Waals surface area contributed by atoms with Gasteiger partial charge in [0.25, 0.3) is 5.91 Å². The second-order valence-corrected chi connectivity index (χ2v) is 8.03. The summed E-state index contributed by atoms with van der Waals surface area (Å²) < 4.78 is 34.7. The summed E-state index contributed by atoms with van der Waals surface area (Å²) in [7, 11) is 0. The first-order valence-corrected chi connectivity index (χ1v) is 9.69. The van der Waals surface area contributed by atoms with Crippen molar-refractivity contribution in [3.8, 4) is 5.75 Å². The van der Waals surface area contributed by atoms with Crippen molar-refractivity contribution in [1.82, 2.24) is 10.3 Å². The fourth-order valence-electron chi connectivity index (χ4n) is 3.37. The number of pyridine rings is 1. The number of carbonyl (C=O) groups excluding carboxylic acids is 1. The maximum atomic E-state index is 12.6. The number of alkyl halides is 2. The third-order valence-electron chi connectivity index (χ3n) is 4.82. The summed E-state index contributed by atoms with van der Waals surface area (Å²) in [5.41, 5.74) is 0.0464. The minimum atomic E-state index is -2.90. The molecule has 1 saturated carbocycles. The number of nitrogens with one attached hydrogen (secondary N) is 1. The van der Waals surface area contributed by atoms with E-state index >= 15 is 0 Å². The monoisotopic (exact) mass is 408 g/mol. The van der Waals surface area contributed by atoms with Crippen molar-refractivity contribution in [3.05, 3.63) is 36.0 Å². The Labute approximate surface area is 168 Å². The summed E-state index contributed by atoms with van der Waals surface area (Å²) in [5.74, 6) is -0.186. The van der Waals surface area contributed by atoms with Crippen molar-refractivity contribution in [2.24, 2.45) is 0 Å². The summed E-state index contributed by atoms with van der Waals surface area (Å²) in [6.45, 7) is 0.821. The molecule has 1 heterocycles. The molecule has 0 bridgehead atoms. The number of nitrogens with zero attached hydrogens (tertiary/aromatic N) is 1. The van der Waals surface area contributed by atoms with Gasteiger partial charge in [0.2, 0.25) is 0 Å². The van der Waals surface area contributed by atoms with E-state index in [-0.39, 0.29) is 23.8 Å². The highest BCUT2D eigenvalue weighted by atomic mass is 19.3. The topological polar surface area (TPSA) is 80.7 Å². The minimum Gasteiger partial charge on any atom is -0.435 e. The first-order valence-electron chi connectivity index (χ1n) is 9.69. The van der Waals surface area contributed by atoms with Crippen LogP contribution in [0.3, 0.4) is 0 Å². The molecule has 2 aromatic rings. The SMILES string of the molecule is CC(C)(O)CO[C@H]1CC[C@H](NC(=O)c2cnc3cc(OC(F)F)ccc3c2)CC1. The largest absolute Gasteiger partial charge is 0.435 e. The molecule has 1 aliphatic carbocycles. The van der Waals surface area contributed by atoms with Crippen molar-refractivity contribution in [1.29, 1.82) is 0 Å². The van der Waals surface area contributed by atoms with E-state index in [9.17, 15) is 18.7 Å². The third kappa shape index (κ3) is 6.33. The van der Waals surface area contributed by atoms with Gasteiger partial charge in [-0.3, -0.25) is 9.78 Å². The van der Waals surface area contributed by atoms with Crippen LogP contribution in [0.25, 0.3) is 10.9 Å². The first-order chi connectivity index (χ1) is 13.7. The van der Waals surface area contributed by atoms with Gasteiger partial charge in [0.05, 0.1) is 29.4 Å². The van der Waals surface area contributed by atoms with Gasteiger partial charge in [-0.25, -0.2) is 0 Å². The van der Waals surface area contributed by atoms with Crippen LogP contribution >= 0.6 is 0 Å². The van der Waals surface area contributed by atoms with Crippen LogP contribution in [-0.2, 0) is 4.74 Å². The van der Waals surface area contributed by atoms with Crippen LogP contribution in [0.2, 0.25) is 0 Å². The summed E-state index contributed by atoms with van der Waals surface area (Å²) in [5, 5.41) is 13.4. The number of carbonyl (C=O) groups is 1. The van der Waals surface area contributed by atoms with Crippen molar-refractivity contribution in [3.63, 3.8) is 0 Å². The molecule has 1 aromatic carbocycles. The number of hydrogen-bond acceptors (Lipinski definition) is 5. The van der Waals surface area contributed by atoms with Gasteiger partial charge >= 0.3 is 6.61 Å². The fraction of sp³-hybridized carbons (Fsp3) is 0.524. The number of hydrogen-bond donors (Lipinski definition) is 2. The average molecular weight is 408 g/mol. The van der Waals surface area contributed by atoms with E-state index in [1.807, 2.05) is 0 Å². The molecule has 0 atom stereocenters. The van der Waals surface area contributed by atoms with E-state index in [2.05, 4.69) is 15.0 Å². The Morgan fingerprint density at radius 2 is 2.00 bits per heavy atom. The molecule has 8 heteroatoms. The number of aromatic nitrogens is 1. The lowest BCUT2D eigenvalue weighted by Crippen LogP contribution is -2.40. The molecule has 158 valence electrons. The number of ether oxygens (including phenoxy) is 2. The molecular formula is C21H26F2N2O4. The van der Waals surface area contributed by atoms with Crippen molar-refractivity contribution < 1.29 is 28.2 Å². The maximum Gasteiger partial charge on any atom is 0.387 e. The molecule has 1 fully saturated rings. The Kier molecular flexibility index (Phi) is 6.64. The van der Waals surface area contributed by atoms with E-state index in [4.69, 9.17) is 4.74 Å². The van der Waals surface area contributed by atoms with Crippen molar-refractivity contribution in [2.45, 2.75) is 63.9 Å². The highest BCUT2D eigenvalue weighted by Crippen LogP contribution is 2.24. The van der Waals surface area contributed by atoms with Gasteiger partial charge < -0.3 is 19.9 Å². The van der Waals surface area contributed by atoms with Gasteiger partial charge in [-0.15, -0.1) is 0 Å². The number of amides is 1. The van der Waals surface area contributed by atoms with E-state index in [1.165, 1.54) is 18.3 Å². The number of fused-ring (bicyclic) bond motifs is 1. The molecule has 0 unspecified atom stereocenters. The highest BCUT2D eigenvalue weighted by molar-refractivity contribution is 5.97. The van der Waals surface area contributed by atoms with Crippen molar-refractivity contribution >= 4 is 16.8 Å². The van der Waals surface area contributed by atoms with Gasteiger partial charge in [-0.05, 0) is 57.7 Å². The zero-order valence-corrected chi connectivity index (χ0v) is 16.5. The number of rotatable bonds is 7. The van der Waals surface area contributed by atoms with E-state index < -0.39 is 12.2 Å². The zero-order valence-electron chi connectivity index (χ0n) is 16.5. The first kappa shape index (κ1) is 21.4. The van der Waals surface area contributed by atoms with Gasteiger partial charge in [-0.2, -0.15) is 8.78 Å². The summed E-state index contributed by atoms with van der Waals surface area (Å²) in [4.78, 5) is 16.8. The number of benzene rings is 1. The lowest BCUT2D eigenvalue weighted by Gasteiger charge is -2.30. The molecule has 2 N–H and O–H groups in total. The van der Waals surface area contributed by atoms with Crippen LogP contribution < -0.4 is 10.1 Å². The predicted octanol–water partition coefficient (Wildman–Crippen LogP) is 3.66. The van der Waals surface area contributed by atoms with Crippen LogP contribution in [0.1, 0.15) is 49.9 Å². The second-order valence-electron chi connectivity index (χ2n) is 8.03. The highest BCUT2D eigenvalue weighted by Gasteiger charge is 2.25. The van der Waals surface area contributed by atoms with Gasteiger partial charge in [0, 0.05) is 23.7 Å². The Hall–Kier alpha value is -2.32. The lowest BCUT2D eigenvalue weighted by molar-refractivity contribution is -0.0640. The predicted molar refractivity (Wildman–Crippen MR) is 104 cm³/mol. The Bertz CT molecular complexity index is 846. The smallest absolute Gasteiger partial charge is 0.387 e. The molecule has 3 rings (SSSR count). The van der Waals surface area contributed by atoms with Gasteiger partial charge in [-0.1, -0.05) is 0 Å². The molecule has 0 radical (unpaired) electrons. The molecule has 1 amide bonds. The molecule has 29 heavy (non-hydrogen) atoms. The molecule has 0 saturated heterocycles. The summed E-state index contributed by atoms with van der Waals surface area (Å²) >= 11 is 0. The molecule has 0 aliphatic heterocycles. The Morgan fingerprint density at radius 1 is 1.28 bits per heavy atom. The maximum absolute atomic E-state index is 12.6. The van der Waals surface area contributed by atoms with Crippen LogP contribution in [0.5, 0.6) is 5.75 Å². The molecular weight excluding hydrogens is 382 g/mol. The van der Waals surface area contributed by atoms with Gasteiger partial charge in [0.15, 0.2) is 0 Å². The van der Waals surface area contributed by atoms with Crippen LogP contribution in [0, 0.1) is 0 Å². The van der Waals surface area contributed by atoms with Crippen LogP contribution in [-0.4, -0.2) is 47.0 Å². The fourth-order valence-corrected chi connectivity index (χ4v) is 3.37. The Morgan fingerprint density at radius 3 is 2.66 bits per heavy atom. The normalized spacial score (nSPS) is 20.1. The Balaban J connectivity index is 1.55. The van der Waals surface area contributed by atoms with Gasteiger partial charge in [0.1, 0.15) is 5.75 Å². The molecule has 0 spiro atoms. The van der Waals surface area contributed by atoms with E-state index in [0.717, 1.165) is 25.7 Å². The average Bonchev–Trinajstić information content (AvgIpc) is 2.66. The summed E-state index contributed by atoms with van der Waals surface area (Å²) in [6.07, 6.45) is 4.78. The second kappa shape index (κ2) is 9.00. The van der Waals surface area contributed by atoms with Crippen LogP contribution in [0.15, 0.2) is 30.5 Å². The number of aliphatic hydroxyl groups is 1. The summed E-state index contributed by atoms with van der Waals surface area (Å²) in [6, 6.07) is 6.18. The lowest BCUT2D eigenvalue weighted by atomic mass is 9.92. The molecule has 1 aliphatic rings. The zero-order chi connectivity index (χ0) is 21.0. The molecule has 6 nitrogen and oxygen atoms in total. The molecule has 1 aromatic heterocycles.